The van der Waals surface area contributed by atoms with Crippen LogP contribution in [-0.2, 0) is 0 Å². The third-order valence-electron chi connectivity index (χ3n) is 3.23. The molecule has 2 rings (SSSR count). The monoisotopic (exact) mass is 231 g/mol. The second kappa shape index (κ2) is 5.65. The lowest BCUT2D eigenvalue weighted by atomic mass is 9.87. The number of nitrogens with zero attached hydrogens (tertiary/aromatic N) is 2. The molecule has 0 spiro atoms. The van der Waals surface area contributed by atoms with Gasteiger partial charge >= 0.3 is 0 Å². The number of aliphatic hydroxyl groups excluding tert-OH is 1. The molecule has 17 heavy (non-hydrogen) atoms. The molecule has 90 valence electrons. The van der Waals surface area contributed by atoms with Crippen LogP contribution in [0.1, 0.15) is 31.4 Å². The minimum absolute atomic E-state index is 0.130. The molecular formula is C13H17N3O. The fraction of sp³-hybridized carbons (Fsp3) is 0.538. The molecule has 0 aliphatic heterocycles. The summed E-state index contributed by atoms with van der Waals surface area (Å²) in [6.45, 7) is 0.866. The molecule has 0 aromatic carbocycles. The molecule has 1 aromatic heterocycles. The molecule has 1 aromatic rings. The molecule has 1 fully saturated rings. The highest BCUT2D eigenvalue weighted by Crippen LogP contribution is 2.24. The zero-order valence-electron chi connectivity index (χ0n) is 9.76. The van der Waals surface area contributed by atoms with Crippen molar-refractivity contribution in [2.45, 2.75) is 31.8 Å². The van der Waals surface area contributed by atoms with Gasteiger partial charge in [0.15, 0.2) is 0 Å². The Morgan fingerprint density at radius 1 is 1.47 bits per heavy atom. The van der Waals surface area contributed by atoms with Crippen LogP contribution < -0.4 is 5.32 Å². The first-order valence-corrected chi connectivity index (χ1v) is 6.06. The Morgan fingerprint density at radius 2 is 2.35 bits per heavy atom. The number of pyridine rings is 1. The number of rotatable bonds is 3. The van der Waals surface area contributed by atoms with Crippen molar-refractivity contribution in [1.82, 2.24) is 4.98 Å². The van der Waals surface area contributed by atoms with Crippen molar-refractivity contribution < 1.29 is 5.11 Å². The number of hydrogen-bond donors (Lipinski definition) is 2. The Morgan fingerprint density at radius 3 is 3.00 bits per heavy atom. The van der Waals surface area contributed by atoms with Crippen molar-refractivity contribution >= 4 is 5.69 Å². The zero-order chi connectivity index (χ0) is 12.1. The third kappa shape index (κ3) is 3.43. The summed E-state index contributed by atoms with van der Waals surface area (Å²) < 4.78 is 0. The van der Waals surface area contributed by atoms with Crippen LogP contribution in [0.2, 0.25) is 0 Å². The maximum atomic E-state index is 9.57. The van der Waals surface area contributed by atoms with Gasteiger partial charge in [0.2, 0.25) is 0 Å². The summed E-state index contributed by atoms with van der Waals surface area (Å²) in [5.41, 5.74) is 1.37. The first kappa shape index (κ1) is 11.9. The van der Waals surface area contributed by atoms with Gasteiger partial charge in [-0.25, -0.2) is 4.98 Å². The summed E-state index contributed by atoms with van der Waals surface area (Å²) >= 11 is 0. The Kier molecular flexibility index (Phi) is 3.94. The average Bonchev–Trinajstić information content (AvgIpc) is 2.37. The Bertz CT molecular complexity index is 396. The van der Waals surface area contributed by atoms with E-state index >= 15 is 0 Å². The first-order valence-electron chi connectivity index (χ1n) is 6.06. The molecule has 2 N–H and O–H groups in total. The molecule has 0 amide bonds. The topological polar surface area (TPSA) is 68.9 Å². The maximum absolute atomic E-state index is 9.57. The zero-order valence-corrected chi connectivity index (χ0v) is 9.76. The van der Waals surface area contributed by atoms with Crippen LogP contribution in [0.25, 0.3) is 0 Å². The van der Waals surface area contributed by atoms with Gasteiger partial charge in [-0.05, 0) is 37.3 Å². The highest BCUT2D eigenvalue weighted by Gasteiger charge is 2.19. The van der Waals surface area contributed by atoms with E-state index in [-0.39, 0.29) is 6.10 Å². The van der Waals surface area contributed by atoms with Crippen molar-refractivity contribution in [2.24, 2.45) is 5.92 Å². The van der Waals surface area contributed by atoms with Gasteiger partial charge in [0.25, 0.3) is 0 Å². The summed E-state index contributed by atoms with van der Waals surface area (Å²) in [5, 5.41) is 21.5. The van der Waals surface area contributed by atoms with E-state index in [4.69, 9.17) is 5.26 Å². The van der Waals surface area contributed by atoms with E-state index in [9.17, 15) is 5.11 Å². The van der Waals surface area contributed by atoms with Crippen molar-refractivity contribution in [2.75, 3.05) is 11.9 Å². The van der Waals surface area contributed by atoms with Crippen LogP contribution in [0, 0.1) is 17.2 Å². The molecule has 4 nitrogen and oxygen atoms in total. The molecule has 1 saturated carbocycles. The van der Waals surface area contributed by atoms with E-state index in [1.807, 2.05) is 12.1 Å². The van der Waals surface area contributed by atoms with Gasteiger partial charge in [0, 0.05) is 6.54 Å². The van der Waals surface area contributed by atoms with Gasteiger partial charge in [-0.15, -0.1) is 0 Å². The molecular weight excluding hydrogens is 214 g/mol. The molecule has 0 bridgehead atoms. The Balaban J connectivity index is 1.83. The Labute approximate surface area is 101 Å². The number of nitrogens with one attached hydrogen (secondary N) is 1. The third-order valence-corrected chi connectivity index (χ3v) is 3.23. The lowest BCUT2D eigenvalue weighted by Gasteiger charge is -2.26. The predicted octanol–water partition coefficient (Wildman–Crippen LogP) is 1.92. The van der Waals surface area contributed by atoms with Gasteiger partial charge in [0.1, 0.15) is 11.8 Å². The van der Waals surface area contributed by atoms with E-state index in [0.29, 0.717) is 11.6 Å². The van der Waals surface area contributed by atoms with Gasteiger partial charge < -0.3 is 10.4 Å². The van der Waals surface area contributed by atoms with Gasteiger partial charge in [-0.1, -0.05) is 6.42 Å². The predicted molar refractivity (Wildman–Crippen MR) is 65.4 cm³/mol. The van der Waals surface area contributed by atoms with E-state index in [2.05, 4.69) is 10.3 Å². The first-order chi connectivity index (χ1) is 8.28. The lowest BCUT2D eigenvalue weighted by Crippen LogP contribution is -2.25. The van der Waals surface area contributed by atoms with Crippen molar-refractivity contribution in [3.63, 3.8) is 0 Å². The summed E-state index contributed by atoms with van der Waals surface area (Å²) in [4.78, 5) is 4.00. The molecule has 1 aliphatic rings. The molecule has 2 unspecified atom stereocenters. The number of aliphatic hydroxyl groups is 1. The molecule has 2 atom stereocenters. The number of hydrogen-bond acceptors (Lipinski definition) is 4. The molecule has 1 heterocycles. The molecule has 1 aliphatic carbocycles. The van der Waals surface area contributed by atoms with E-state index in [1.165, 1.54) is 6.42 Å². The summed E-state index contributed by atoms with van der Waals surface area (Å²) in [6, 6.07) is 5.57. The standard InChI is InChI=1S/C13H17N3O/c14-7-11-4-5-12(9-16-11)15-8-10-2-1-3-13(17)6-10/h4-5,9-10,13,15,17H,1-3,6,8H2. The molecule has 4 heteroatoms. The van der Waals surface area contributed by atoms with Crippen LogP contribution in [-0.4, -0.2) is 22.7 Å². The Hall–Kier alpha value is -1.60. The highest BCUT2D eigenvalue weighted by atomic mass is 16.3. The summed E-state index contributed by atoms with van der Waals surface area (Å²) in [6.07, 6.45) is 5.66. The van der Waals surface area contributed by atoms with E-state index in [1.54, 1.807) is 12.3 Å². The van der Waals surface area contributed by atoms with Crippen LogP contribution in [0.15, 0.2) is 18.3 Å². The largest absolute Gasteiger partial charge is 0.393 e. The number of aromatic nitrogens is 1. The second-order valence-corrected chi connectivity index (χ2v) is 4.61. The smallest absolute Gasteiger partial charge is 0.140 e. The van der Waals surface area contributed by atoms with Crippen LogP contribution in [0.5, 0.6) is 0 Å². The SMILES string of the molecule is N#Cc1ccc(NCC2CCCC(O)C2)cn1. The fourth-order valence-electron chi connectivity index (χ4n) is 2.27. The summed E-state index contributed by atoms with van der Waals surface area (Å²) in [7, 11) is 0. The van der Waals surface area contributed by atoms with Crippen molar-refractivity contribution in [3.05, 3.63) is 24.0 Å². The van der Waals surface area contributed by atoms with Crippen molar-refractivity contribution in [3.8, 4) is 6.07 Å². The van der Waals surface area contributed by atoms with Crippen LogP contribution >= 0.6 is 0 Å². The van der Waals surface area contributed by atoms with E-state index < -0.39 is 0 Å². The van der Waals surface area contributed by atoms with Gasteiger partial charge in [-0.3, -0.25) is 0 Å². The van der Waals surface area contributed by atoms with Gasteiger partial charge in [0.05, 0.1) is 18.0 Å². The summed E-state index contributed by atoms with van der Waals surface area (Å²) in [5.74, 6) is 0.536. The minimum atomic E-state index is -0.130. The number of nitriles is 1. The second-order valence-electron chi connectivity index (χ2n) is 4.61. The van der Waals surface area contributed by atoms with Crippen LogP contribution in [0.3, 0.4) is 0 Å². The minimum Gasteiger partial charge on any atom is -0.393 e. The van der Waals surface area contributed by atoms with Gasteiger partial charge in [-0.2, -0.15) is 5.26 Å². The fourth-order valence-corrected chi connectivity index (χ4v) is 2.27. The average molecular weight is 231 g/mol. The van der Waals surface area contributed by atoms with Crippen LogP contribution in [0.4, 0.5) is 5.69 Å². The van der Waals surface area contributed by atoms with E-state index in [0.717, 1.165) is 31.5 Å². The quantitative estimate of drug-likeness (QED) is 0.833. The maximum Gasteiger partial charge on any atom is 0.140 e. The molecule has 0 saturated heterocycles. The highest BCUT2D eigenvalue weighted by molar-refractivity contribution is 5.42. The van der Waals surface area contributed by atoms with Crippen molar-refractivity contribution in [1.29, 1.82) is 5.26 Å². The lowest BCUT2D eigenvalue weighted by molar-refractivity contribution is 0.105. The normalized spacial score (nSPS) is 24.0. The number of anilines is 1. The molecule has 0 radical (unpaired) electrons.